The molecule has 1 saturated carbocycles. The second-order valence-corrected chi connectivity index (χ2v) is 8.96. The summed E-state index contributed by atoms with van der Waals surface area (Å²) >= 11 is 1.28. The summed E-state index contributed by atoms with van der Waals surface area (Å²) in [5, 5.41) is 7.81. The van der Waals surface area contributed by atoms with Gasteiger partial charge in [0.05, 0.1) is 12.1 Å². The van der Waals surface area contributed by atoms with Crippen LogP contribution in [0.5, 0.6) is 0 Å². The number of thiazole rings is 1. The number of carbonyl (C=O) groups is 3. The summed E-state index contributed by atoms with van der Waals surface area (Å²) in [5.41, 5.74) is 2.29. The van der Waals surface area contributed by atoms with Gasteiger partial charge in [0.15, 0.2) is 5.13 Å². The maximum absolute atomic E-state index is 12.8. The molecule has 1 aliphatic carbocycles. The Morgan fingerprint density at radius 1 is 1.17 bits per heavy atom. The normalized spacial score (nSPS) is 13.2. The van der Waals surface area contributed by atoms with Crippen molar-refractivity contribution >= 4 is 34.2 Å². The van der Waals surface area contributed by atoms with E-state index in [9.17, 15) is 14.4 Å². The van der Waals surface area contributed by atoms with E-state index in [0.717, 1.165) is 18.4 Å². The third kappa shape index (κ3) is 6.38. The monoisotopic (exact) mass is 428 g/mol. The van der Waals surface area contributed by atoms with Gasteiger partial charge in [-0.25, -0.2) is 4.98 Å². The standard InChI is InChI=1S/C22H28N4O3S/c1-14(2)11-23-19(27)10-17-13-30-22(24-17)25-20(28)12-26(18-8-9-18)21(29)16-6-4-15(3)5-7-16/h4-7,13-14,18H,8-12H2,1-3H3,(H,23,27)(H,24,25,28). The molecule has 160 valence electrons. The summed E-state index contributed by atoms with van der Waals surface area (Å²) in [6.07, 6.45) is 2.01. The van der Waals surface area contributed by atoms with Crippen molar-refractivity contribution < 1.29 is 14.4 Å². The van der Waals surface area contributed by atoms with Crippen molar-refractivity contribution in [2.75, 3.05) is 18.4 Å². The number of nitrogens with one attached hydrogen (secondary N) is 2. The Labute approximate surface area is 180 Å². The highest BCUT2D eigenvalue weighted by Crippen LogP contribution is 2.28. The molecule has 1 aromatic heterocycles. The number of aryl methyl sites for hydroxylation is 1. The molecule has 1 heterocycles. The van der Waals surface area contributed by atoms with Crippen molar-refractivity contribution in [3.8, 4) is 0 Å². The predicted octanol–water partition coefficient (Wildman–Crippen LogP) is 3.01. The minimum Gasteiger partial charge on any atom is -0.356 e. The van der Waals surface area contributed by atoms with Crippen LogP contribution in [0, 0.1) is 12.8 Å². The molecule has 3 rings (SSSR count). The third-order valence-electron chi connectivity index (χ3n) is 4.71. The van der Waals surface area contributed by atoms with Gasteiger partial charge in [0.25, 0.3) is 5.91 Å². The van der Waals surface area contributed by atoms with E-state index < -0.39 is 0 Å². The van der Waals surface area contributed by atoms with Crippen LogP contribution in [0.15, 0.2) is 29.6 Å². The van der Waals surface area contributed by atoms with Crippen molar-refractivity contribution in [2.45, 2.75) is 46.1 Å². The highest BCUT2D eigenvalue weighted by atomic mass is 32.1. The lowest BCUT2D eigenvalue weighted by molar-refractivity contribution is -0.120. The molecule has 8 heteroatoms. The molecule has 0 spiro atoms. The number of benzene rings is 1. The highest BCUT2D eigenvalue weighted by molar-refractivity contribution is 7.13. The molecule has 0 bridgehead atoms. The van der Waals surface area contributed by atoms with Crippen molar-refractivity contribution in [3.05, 3.63) is 46.5 Å². The number of amides is 3. The number of hydrogen-bond donors (Lipinski definition) is 2. The van der Waals surface area contributed by atoms with Gasteiger partial charge in [-0.15, -0.1) is 11.3 Å². The lowest BCUT2D eigenvalue weighted by Gasteiger charge is -2.21. The van der Waals surface area contributed by atoms with Crippen LogP contribution >= 0.6 is 11.3 Å². The quantitative estimate of drug-likeness (QED) is 0.642. The molecule has 1 aromatic carbocycles. The molecule has 0 aliphatic heterocycles. The summed E-state index contributed by atoms with van der Waals surface area (Å²) in [6, 6.07) is 7.49. The largest absolute Gasteiger partial charge is 0.356 e. The van der Waals surface area contributed by atoms with Crippen LogP contribution in [-0.4, -0.2) is 46.7 Å². The van der Waals surface area contributed by atoms with E-state index in [1.54, 1.807) is 22.4 Å². The number of hydrogen-bond acceptors (Lipinski definition) is 5. The van der Waals surface area contributed by atoms with Crippen LogP contribution < -0.4 is 10.6 Å². The Hall–Kier alpha value is -2.74. The lowest BCUT2D eigenvalue weighted by Crippen LogP contribution is -2.39. The Morgan fingerprint density at radius 2 is 1.87 bits per heavy atom. The van der Waals surface area contributed by atoms with E-state index in [-0.39, 0.29) is 36.7 Å². The first-order valence-electron chi connectivity index (χ1n) is 10.2. The lowest BCUT2D eigenvalue weighted by atomic mass is 10.1. The second-order valence-electron chi connectivity index (χ2n) is 8.10. The van der Waals surface area contributed by atoms with E-state index in [1.807, 2.05) is 32.9 Å². The third-order valence-corrected chi connectivity index (χ3v) is 5.51. The van der Waals surface area contributed by atoms with Crippen LogP contribution in [0.25, 0.3) is 0 Å². The van der Waals surface area contributed by atoms with Gasteiger partial charge in [0, 0.05) is 23.5 Å². The molecule has 0 radical (unpaired) electrons. The van der Waals surface area contributed by atoms with E-state index in [1.165, 1.54) is 11.3 Å². The maximum Gasteiger partial charge on any atom is 0.254 e. The second kappa shape index (κ2) is 9.84. The number of aromatic nitrogens is 1. The number of rotatable bonds is 9. The summed E-state index contributed by atoms with van der Waals surface area (Å²) < 4.78 is 0. The Balaban J connectivity index is 1.55. The van der Waals surface area contributed by atoms with Gasteiger partial charge in [0.2, 0.25) is 11.8 Å². The Morgan fingerprint density at radius 3 is 2.50 bits per heavy atom. The maximum atomic E-state index is 12.8. The predicted molar refractivity (Wildman–Crippen MR) is 118 cm³/mol. The molecule has 0 atom stereocenters. The van der Waals surface area contributed by atoms with Crippen LogP contribution in [0.1, 0.15) is 48.3 Å². The minimum atomic E-state index is -0.285. The van der Waals surface area contributed by atoms with Crippen molar-refractivity contribution in [3.63, 3.8) is 0 Å². The Kier molecular flexibility index (Phi) is 7.20. The van der Waals surface area contributed by atoms with Gasteiger partial charge >= 0.3 is 0 Å². The number of anilines is 1. The van der Waals surface area contributed by atoms with Crippen molar-refractivity contribution in [1.29, 1.82) is 0 Å². The summed E-state index contributed by atoms with van der Waals surface area (Å²) in [6.45, 7) is 6.65. The molecule has 1 fully saturated rings. The summed E-state index contributed by atoms with van der Waals surface area (Å²) in [4.78, 5) is 43.3. The molecule has 1 aliphatic rings. The fraction of sp³-hybridized carbons (Fsp3) is 0.455. The van der Waals surface area contributed by atoms with Crippen LogP contribution in [-0.2, 0) is 16.0 Å². The first kappa shape index (κ1) is 22.0. The van der Waals surface area contributed by atoms with Gasteiger partial charge in [0.1, 0.15) is 6.54 Å². The molecule has 0 saturated heterocycles. The zero-order valence-electron chi connectivity index (χ0n) is 17.6. The first-order valence-corrected chi connectivity index (χ1v) is 11.1. The summed E-state index contributed by atoms with van der Waals surface area (Å²) in [5.74, 6) is -0.117. The van der Waals surface area contributed by atoms with Gasteiger partial charge in [-0.3, -0.25) is 14.4 Å². The molecule has 2 N–H and O–H groups in total. The van der Waals surface area contributed by atoms with Gasteiger partial charge < -0.3 is 15.5 Å². The van der Waals surface area contributed by atoms with E-state index in [2.05, 4.69) is 15.6 Å². The number of nitrogens with zero attached hydrogens (tertiary/aromatic N) is 2. The Bertz CT molecular complexity index is 903. The fourth-order valence-electron chi connectivity index (χ4n) is 2.92. The van der Waals surface area contributed by atoms with Crippen molar-refractivity contribution in [2.24, 2.45) is 5.92 Å². The molecule has 2 aromatic rings. The fourth-order valence-corrected chi connectivity index (χ4v) is 3.65. The molecule has 0 unspecified atom stereocenters. The van der Waals surface area contributed by atoms with E-state index >= 15 is 0 Å². The SMILES string of the molecule is Cc1ccc(C(=O)N(CC(=O)Nc2nc(CC(=O)NCC(C)C)cs2)C2CC2)cc1. The molecular formula is C22H28N4O3S. The summed E-state index contributed by atoms with van der Waals surface area (Å²) in [7, 11) is 0. The minimum absolute atomic E-state index is 0.0127. The van der Waals surface area contributed by atoms with E-state index in [0.29, 0.717) is 28.9 Å². The molecule has 7 nitrogen and oxygen atoms in total. The average molecular weight is 429 g/mol. The van der Waals surface area contributed by atoms with Gasteiger partial charge in [-0.1, -0.05) is 31.5 Å². The molecular weight excluding hydrogens is 400 g/mol. The highest BCUT2D eigenvalue weighted by Gasteiger charge is 2.34. The topological polar surface area (TPSA) is 91.4 Å². The van der Waals surface area contributed by atoms with Crippen molar-refractivity contribution in [1.82, 2.24) is 15.2 Å². The molecule has 3 amide bonds. The van der Waals surface area contributed by atoms with Gasteiger partial charge in [-0.05, 0) is 37.8 Å². The molecule has 30 heavy (non-hydrogen) atoms. The zero-order chi connectivity index (χ0) is 21.7. The first-order chi connectivity index (χ1) is 14.3. The van der Waals surface area contributed by atoms with Crippen LogP contribution in [0.2, 0.25) is 0 Å². The number of carbonyl (C=O) groups excluding carboxylic acids is 3. The van der Waals surface area contributed by atoms with E-state index in [4.69, 9.17) is 0 Å². The van der Waals surface area contributed by atoms with Crippen LogP contribution in [0.4, 0.5) is 5.13 Å². The average Bonchev–Trinajstić information content (AvgIpc) is 3.45. The van der Waals surface area contributed by atoms with Gasteiger partial charge in [-0.2, -0.15) is 0 Å². The van der Waals surface area contributed by atoms with Crippen LogP contribution in [0.3, 0.4) is 0 Å². The zero-order valence-corrected chi connectivity index (χ0v) is 18.4. The smallest absolute Gasteiger partial charge is 0.254 e.